The van der Waals surface area contributed by atoms with Gasteiger partial charge in [-0.1, -0.05) is 27.7 Å². The number of nitriles is 1. The van der Waals surface area contributed by atoms with Crippen LogP contribution in [0.15, 0.2) is 64.1 Å². The molecule has 1 amide bonds. The summed E-state index contributed by atoms with van der Waals surface area (Å²) < 4.78 is 11.6. The van der Waals surface area contributed by atoms with E-state index in [9.17, 15) is 10.1 Å². The number of pyridine rings is 1. The average molecular weight is 484 g/mol. The predicted molar refractivity (Wildman–Crippen MR) is 121 cm³/mol. The van der Waals surface area contributed by atoms with Gasteiger partial charge < -0.3 is 14.8 Å². The highest BCUT2D eigenvalue weighted by Crippen LogP contribution is 2.33. The van der Waals surface area contributed by atoms with Crippen LogP contribution in [0.1, 0.15) is 5.56 Å². The van der Waals surface area contributed by atoms with E-state index in [1.165, 1.54) is 11.8 Å². The number of rotatable bonds is 7. The lowest BCUT2D eigenvalue weighted by Crippen LogP contribution is -2.14. The number of hydrogen-bond acceptors (Lipinski definition) is 6. The van der Waals surface area contributed by atoms with E-state index >= 15 is 0 Å². The minimum absolute atomic E-state index is 0.132. The number of hydrogen-bond donors (Lipinski definition) is 1. The van der Waals surface area contributed by atoms with Gasteiger partial charge in [0.15, 0.2) is 11.5 Å². The van der Waals surface area contributed by atoms with Crippen LogP contribution >= 0.6 is 27.7 Å². The molecule has 0 unspecified atom stereocenters. The molecule has 0 radical (unpaired) electrons. The van der Waals surface area contributed by atoms with Crippen molar-refractivity contribution < 1.29 is 14.3 Å². The molecule has 0 bridgehead atoms. The standard InChI is InChI=1S/C22H18BrN3O3S/c1-28-19-10-4-14(11-20(19)29-2)18-9-3-15(12-24)22(26-18)30-13-21(27)25-17-7-5-16(23)6-8-17/h3-11H,13H2,1-2H3,(H,25,27). The van der Waals surface area contributed by atoms with Crippen molar-refractivity contribution in [2.45, 2.75) is 5.03 Å². The zero-order valence-electron chi connectivity index (χ0n) is 16.3. The van der Waals surface area contributed by atoms with Crippen molar-refractivity contribution in [3.63, 3.8) is 0 Å². The molecule has 152 valence electrons. The maximum atomic E-state index is 12.3. The molecule has 0 spiro atoms. The molecule has 0 atom stereocenters. The summed E-state index contributed by atoms with van der Waals surface area (Å²) in [5.74, 6) is 1.16. The second-order valence-corrected chi connectivity index (χ2v) is 7.95. The number of anilines is 1. The lowest BCUT2D eigenvalue weighted by atomic mass is 10.1. The molecule has 3 aromatic rings. The van der Waals surface area contributed by atoms with E-state index in [0.29, 0.717) is 33.5 Å². The van der Waals surface area contributed by atoms with E-state index in [4.69, 9.17) is 9.47 Å². The molecule has 0 aliphatic heterocycles. The molecule has 8 heteroatoms. The van der Waals surface area contributed by atoms with Gasteiger partial charge >= 0.3 is 0 Å². The topological polar surface area (TPSA) is 84.2 Å². The van der Waals surface area contributed by atoms with Crippen molar-refractivity contribution >= 4 is 39.3 Å². The number of thioether (sulfide) groups is 1. The summed E-state index contributed by atoms with van der Waals surface area (Å²) in [6.45, 7) is 0. The Bertz CT molecular complexity index is 1100. The second kappa shape index (κ2) is 10.1. The fraction of sp³-hybridized carbons (Fsp3) is 0.136. The molecule has 0 saturated carbocycles. The first-order chi connectivity index (χ1) is 14.5. The van der Waals surface area contributed by atoms with Gasteiger partial charge in [-0.05, 0) is 54.6 Å². The van der Waals surface area contributed by atoms with E-state index < -0.39 is 0 Å². The lowest BCUT2D eigenvalue weighted by Gasteiger charge is -2.11. The number of carbonyl (C=O) groups excluding carboxylic acids is 1. The molecule has 0 fully saturated rings. The summed E-state index contributed by atoms with van der Waals surface area (Å²) in [6.07, 6.45) is 0. The molecule has 0 aliphatic rings. The Labute approximate surface area is 187 Å². The van der Waals surface area contributed by atoms with Crippen LogP contribution in [0.2, 0.25) is 0 Å². The van der Waals surface area contributed by atoms with Gasteiger partial charge in [0.05, 0.1) is 31.2 Å². The van der Waals surface area contributed by atoms with Crippen molar-refractivity contribution in [1.29, 1.82) is 5.26 Å². The summed E-state index contributed by atoms with van der Waals surface area (Å²) >= 11 is 4.58. The molecule has 2 aromatic carbocycles. The summed E-state index contributed by atoms with van der Waals surface area (Å²) in [7, 11) is 3.14. The van der Waals surface area contributed by atoms with E-state index in [1.54, 1.807) is 32.4 Å². The third-order valence-corrected chi connectivity index (χ3v) is 5.65. The summed E-state index contributed by atoms with van der Waals surface area (Å²) in [5, 5.41) is 12.7. The molecule has 30 heavy (non-hydrogen) atoms. The first-order valence-corrected chi connectivity index (χ1v) is 10.6. The third-order valence-electron chi connectivity index (χ3n) is 4.13. The Kier molecular flexibility index (Phi) is 7.33. The lowest BCUT2D eigenvalue weighted by molar-refractivity contribution is -0.113. The Morgan fingerprint density at radius 3 is 2.50 bits per heavy atom. The SMILES string of the molecule is COc1ccc(-c2ccc(C#N)c(SCC(=O)Nc3ccc(Br)cc3)n2)cc1OC. The zero-order valence-corrected chi connectivity index (χ0v) is 18.7. The molecule has 1 heterocycles. The first kappa shape index (κ1) is 21.7. The number of aromatic nitrogens is 1. The normalized spacial score (nSPS) is 10.2. The van der Waals surface area contributed by atoms with Gasteiger partial charge in [-0.2, -0.15) is 5.26 Å². The minimum atomic E-state index is -0.176. The maximum Gasteiger partial charge on any atom is 0.234 e. The quantitative estimate of drug-likeness (QED) is 0.468. The Morgan fingerprint density at radius 2 is 1.83 bits per heavy atom. The zero-order chi connectivity index (χ0) is 21.5. The fourth-order valence-corrected chi connectivity index (χ4v) is 3.69. The average Bonchev–Trinajstić information content (AvgIpc) is 2.78. The van der Waals surface area contributed by atoms with Crippen LogP contribution < -0.4 is 14.8 Å². The molecular formula is C22H18BrN3O3S. The third kappa shape index (κ3) is 5.32. The highest BCUT2D eigenvalue weighted by molar-refractivity contribution is 9.10. The fourth-order valence-electron chi connectivity index (χ4n) is 2.66. The second-order valence-electron chi connectivity index (χ2n) is 6.07. The van der Waals surface area contributed by atoms with Crippen LogP contribution in [0.4, 0.5) is 5.69 Å². The van der Waals surface area contributed by atoms with E-state index in [-0.39, 0.29) is 11.7 Å². The van der Waals surface area contributed by atoms with Gasteiger partial charge in [-0.15, -0.1) is 0 Å². The van der Waals surface area contributed by atoms with E-state index in [2.05, 4.69) is 32.3 Å². The number of nitrogens with one attached hydrogen (secondary N) is 1. The van der Waals surface area contributed by atoms with Crippen molar-refractivity contribution in [3.8, 4) is 28.8 Å². The highest BCUT2D eigenvalue weighted by Gasteiger charge is 2.13. The first-order valence-electron chi connectivity index (χ1n) is 8.86. The molecule has 0 aliphatic carbocycles. The highest BCUT2D eigenvalue weighted by atomic mass is 79.9. The van der Waals surface area contributed by atoms with Gasteiger partial charge in [0, 0.05) is 15.7 Å². The molecule has 3 rings (SSSR count). The van der Waals surface area contributed by atoms with Crippen molar-refractivity contribution in [1.82, 2.24) is 4.98 Å². The van der Waals surface area contributed by atoms with Crippen LogP contribution in [0, 0.1) is 11.3 Å². The van der Waals surface area contributed by atoms with Crippen molar-refractivity contribution in [3.05, 3.63) is 64.6 Å². The van der Waals surface area contributed by atoms with Crippen molar-refractivity contribution in [2.75, 3.05) is 25.3 Å². The van der Waals surface area contributed by atoms with Gasteiger partial charge in [0.1, 0.15) is 11.1 Å². The Morgan fingerprint density at radius 1 is 1.10 bits per heavy atom. The summed E-state index contributed by atoms with van der Waals surface area (Å²) in [6, 6.07) is 18.4. The predicted octanol–water partition coefficient (Wildman–Crippen LogP) is 5.13. The van der Waals surface area contributed by atoms with Gasteiger partial charge in [0.25, 0.3) is 0 Å². The smallest absolute Gasteiger partial charge is 0.234 e. The van der Waals surface area contributed by atoms with Gasteiger partial charge in [-0.3, -0.25) is 4.79 Å². The molecule has 6 nitrogen and oxygen atoms in total. The Balaban J connectivity index is 1.77. The number of halogens is 1. The number of carbonyl (C=O) groups is 1. The summed E-state index contributed by atoms with van der Waals surface area (Å²) in [4.78, 5) is 16.9. The maximum absolute atomic E-state index is 12.3. The van der Waals surface area contributed by atoms with E-state index in [0.717, 1.165) is 10.0 Å². The van der Waals surface area contributed by atoms with Crippen molar-refractivity contribution in [2.24, 2.45) is 0 Å². The van der Waals surface area contributed by atoms with Crippen LogP contribution in [0.25, 0.3) is 11.3 Å². The van der Waals surface area contributed by atoms with Crippen LogP contribution in [-0.4, -0.2) is 30.9 Å². The van der Waals surface area contributed by atoms with Crippen LogP contribution in [-0.2, 0) is 4.79 Å². The van der Waals surface area contributed by atoms with Crippen LogP contribution in [0.5, 0.6) is 11.5 Å². The number of nitrogens with zero attached hydrogens (tertiary/aromatic N) is 2. The molecule has 0 saturated heterocycles. The van der Waals surface area contributed by atoms with Crippen LogP contribution in [0.3, 0.4) is 0 Å². The molecule has 1 aromatic heterocycles. The van der Waals surface area contributed by atoms with Gasteiger partial charge in [-0.25, -0.2) is 4.98 Å². The number of benzene rings is 2. The largest absolute Gasteiger partial charge is 0.493 e. The van der Waals surface area contributed by atoms with E-state index in [1.807, 2.05) is 36.4 Å². The number of amides is 1. The molecular weight excluding hydrogens is 466 g/mol. The Hall–Kier alpha value is -3.02. The monoisotopic (exact) mass is 483 g/mol. The molecule has 1 N–H and O–H groups in total. The number of ether oxygens (including phenoxy) is 2. The number of methoxy groups -OCH3 is 2. The minimum Gasteiger partial charge on any atom is -0.493 e. The van der Waals surface area contributed by atoms with Gasteiger partial charge in [0.2, 0.25) is 5.91 Å². The summed E-state index contributed by atoms with van der Waals surface area (Å²) in [5.41, 5.74) is 2.61.